The number of rotatable bonds is 1. The summed E-state index contributed by atoms with van der Waals surface area (Å²) in [5.74, 6) is 0.896. The third-order valence-corrected chi connectivity index (χ3v) is 4.33. The first-order valence-corrected chi connectivity index (χ1v) is 8.24. The summed E-state index contributed by atoms with van der Waals surface area (Å²) in [6.45, 7) is 8.55. The van der Waals surface area contributed by atoms with Crippen LogP contribution in [-0.4, -0.2) is 42.0 Å². The molecular formula is C19H22N4O. The third-order valence-electron chi connectivity index (χ3n) is 4.33. The molecule has 0 radical (unpaired) electrons. The summed E-state index contributed by atoms with van der Waals surface area (Å²) in [6, 6.07) is 12.0. The van der Waals surface area contributed by atoms with Crippen LogP contribution >= 0.6 is 0 Å². The van der Waals surface area contributed by atoms with Crippen LogP contribution in [0, 0.1) is 16.7 Å². The van der Waals surface area contributed by atoms with E-state index in [-0.39, 0.29) is 11.3 Å². The summed E-state index contributed by atoms with van der Waals surface area (Å²) in [6.07, 6.45) is 0. The number of hydrogen-bond acceptors (Lipinski definition) is 4. The number of piperazine rings is 1. The second-order valence-electron chi connectivity index (χ2n) is 7.19. The van der Waals surface area contributed by atoms with E-state index in [1.165, 1.54) is 0 Å². The van der Waals surface area contributed by atoms with Crippen molar-refractivity contribution in [1.29, 1.82) is 5.26 Å². The molecule has 1 aliphatic rings. The van der Waals surface area contributed by atoms with E-state index in [1.807, 2.05) is 56.0 Å². The highest BCUT2D eigenvalue weighted by atomic mass is 16.2. The van der Waals surface area contributed by atoms with Crippen LogP contribution in [0.2, 0.25) is 0 Å². The topological polar surface area (TPSA) is 60.2 Å². The molecule has 0 aliphatic carbocycles. The first-order chi connectivity index (χ1) is 11.4. The molecule has 2 aromatic rings. The molecule has 1 aromatic carbocycles. The highest BCUT2D eigenvalue weighted by molar-refractivity contribution is 5.83. The lowest BCUT2D eigenvalue weighted by Crippen LogP contribution is -2.52. The van der Waals surface area contributed by atoms with Gasteiger partial charge in [-0.2, -0.15) is 5.26 Å². The summed E-state index contributed by atoms with van der Waals surface area (Å²) in [7, 11) is 0. The number of amides is 1. The summed E-state index contributed by atoms with van der Waals surface area (Å²) in [5.41, 5.74) is 1.12. The van der Waals surface area contributed by atoms with Crippen molar-refractivity contribution in [3.8, 4) is 6.07 Å². The number of nitriles is 1. The largest absolute Gasteiger partial charge is 0.352 e. The maximum absolute atomic E-state index is 12.4. The average Bonchev–Trinajstić information content (AvgIpc) is 2.59. The molecule has 1 aliphatic heterocycles. The first kappa shape index (κ1) is 16.3. The quantitative estimate of drug-likeness (QED) is 0.810. The maximum Gasteiger partial charge on any atom is 0.228 e. The molecule has 1 aromatic heterocycles. The number of carbonyl (C=O) groups excluding carboxylic acids is 1. The lowest BCUT2D eigenvalue weighted by molar-refractivity contribution is -0.139. The van der Waals surface area contributed by atoms with Crippen LogP contribution in [0.4, 0.5) is 5.82 Å². The maximum atomic E-state index is 12.4. The minimum absolute atomic E-state index is 0.175. The molecular weight excluding hydrogens is 300 g/mol. The Morgan fingerprint density at radius 1 is 1.17 bits per heavy atom. The number of hydrogen-bond donors (Lipinski definition) is 0. The Bertz CT molecular complexity index is 808. The number of anilines is 1. The Labute approximate surface area is 142 Å². The van der Waals surface area contributed by atoms with Crippen LogP contribution in [0.15, 0.2) is 30.3 Å². The Morgan fingerprint density at radius 3 is 2.46 bits per heavy atom. The monoisotopic (exact) mass is 322 g/mol. The highest BCUT2D eigenvalue weighted by Gasteiger charge is 2.30. The molecule has 0 bridgehead atoms. The van der Waals surface area contributed by atoms with Crippen LogP contribution in [0.1, 0.15) is 26.3 Å². The number of nitrogens with zero attached hydrogens (tertiary/aromatic N) is 4. The van der Waals surface area contributed by atoms with Gasteiger partial charge in [-0.15, -0.1) is 0 Å². The predicted octanol–water partition coefficient (Wildman–Crippen LogP) is 2.80. The Kier molecular flexibility index (Phi) is 4.15. The van der Waals surface area contributed by atoms with Crippen molar-refractivity contribution in [2.75, 3.05) is 31.1 Å². The SMILES string of the molecule is CC(C)(C)C(=O)N1CCN(c2nc3ccccc3cc2C#N)CC1. The normalized spacial score (nSPS) is 15.4. The van der Waals surface area contributed by atoms with Gasteiger partial charge in [-0.1, -0.05) is 39.0 Å². The van der Waals surface area contributed by atoms with E-state index in [2.05, 4.69) is 16.0 Å². The van der Waals surface area contributed by atoms with Gasteiger partial charge in [-0.3, -0.25) is 4.79 Å². The summed E-state index contributed by atoms with van der Waals surface area (Å²) in [5, 5.41) is 10.4. The van der Waals surface area contributed by atoms with E-state index in [1.54, 1.807) is 0 Å². The highest BCUT2D eigenvalue weighted by Crippen LogP contribution is 2.25. The van der Waals surface area contributed by atoms with Crippen LogP contribution in [0.5, 0.6) is 0 Å². The lowest BCUT2D eigenvalue weighted by atomic mass is 9.94. The fourth-order valence-corrected chi connectivity index (χ4v) is 3.02. The number of para-hydroxylation sites is 1. The van der Waals surface area contributed by atoms with E-state index in [9.17, 15) is 10.1 Å². The van der Waals surface area contributed by atoms with E-state index in [0.717, 1.165) is 16.7 Å². The molecule has 1 amide bonds. The van der Waals surface area contributed by atoms with E-state index in [0.29, 0.717) is 31.7 Å². The lowest BCUT2D eigenvalue weighted by Gasteiger charge is -2.38. The van der Waals surface area contributed by atoms with Crippen LogP contribution in [-0.2, 0) is 4.79 Å². The summed E-state index contributed by atoms with van der Waals surface area (Å²) >= 11 is 0. The minimum Gasteiger partial charge on any atom is -0.352 e. The van der Waals surface area contributed by atoms with Crippen molar-refractivity contribution in [1.82, 2.24) is 9.88 Å². The van der Waals surface area contributed by atoms with Crippen LogP contribution < -0.4 is 4.90 Å². The van der Waals surface area contributed by atoms with Gasteiger partial charge in [0.05, 0.1) is 11.1 Å². The fourth-order valence-electron chi connectivity index (χ4n) is 3.02. The molecule has 0 N–H and O–H groups in total. The molecule has 3 rings (SSSR count). The smallest absolute Gasteiger partial charge is 0.228 e. The van der Waals surface area contributed by atoms with Crippen molar-refractivity contribution in [3.05, 3.63) is 35.9 Å². The van der Waals surface area contributed by atoms with Crippen LogP contribution in [0.3, 0.4) is 0 Å². The van der Waals surface area contributed by atoms with Gasteiger partial charge in [0.15, 0.2) is 0 Å². The zero-order chi connectivity index (χ0) is 17.3. The van der Waals surface area contributed by atoms with E-state index < -0.39 is 0 Å². The van der Waals surface area contributed by atoms with Gasteiger partial charge in [0.1, 0.15) is 11.9 Å². The second-order valence-corrected chi connectivity index (χ2v) is 7.19. The Balaban J connectivity index is 1.83. The average molecular weight is 322 g/mol. The van der Waals surface area contributed by atoms with Crippen molar-refractivity contribution >= 4 is 22.6 Å². The molecule has 5 nitrogen and oxygen atoms in total. The molecule has 24 heavy (non-hydrogen) atoms. The van der Waals surface area contributed by atoms with E-state index in [4.69, 9.17) is 0 Å². The zero-order valence-electron chi connectivity index (χ0n) is 14.4. The second kappa shape index (κ2) is 6.12. The van der Waals surface area contributed by atoms with Gasteiger partial charge in [0, 0.05) is 37.0 Å². The van der Waals surface area contributed by atoms with Crippen molar-refractivity contribution in [2.45, 2.75) is 20.8 Å². The van der Waals surface area contributed by atoms with Gasteiger partial charge in [-0.25, -0.2) is 4.98 Å². The molecule has 1 saturated heterocycles. The Hall–Kier alpha value is -2.61. The number of carbonyl (C=O) groups is 1. The van der Waals surface area contributed by atoms with E-state index >= 15 is 0 Å². The molecule has 1 fully saturated rings. The van der Waals surface area contributed by atoms with Gasteiger partial charge < -0.3 is 9.80 Å². The van der Waals surface area contributed by atoms with Crippen LogP contribution in [0.25, 0.3) is 10.9 Å². The van der Waals surface area contributed by atoms with Crippen molar-refractivity contribution in [3.63, 3.8) is 0 Å². The first-order valence-electron chi connectivity index (χ1n) is 8.24. The number of fused-ring (bicyclic) bond motifs is 1. The molecule has 0 unspecified atom stereocenters. The number of benzene rings is 1. The molecule has 0 saturated carbocycles. The Morgan fingerprint density at radius 2 is 1.83 bits per heavy atom. The molecule has 0 spiro atoms. The molecule has 5 heteroatoms. The number of pyridine rings is 1. The van der Waals surface area contributed by atoms with Gasteiger partial charge >= 0.3 is 0 Å². The predicted molar refractivity (Wildman–Crippen MR) is 94.7 cm³/mol. The minimum atomic E-state index is -0.360. The fraction of sp³-hybridized carbons (Fsp3) is 0.421. The molecule has 2 heterocycles. The van der Waals surface area contributed by atoms with Gasteiger partial charge in [0.25, 0.3) is 0 Å². The standard InChI is InChI=1S/C19H22N4O/c1-19(2,3)18(24)23-10-8-22(9-11-23)17-15(13-20)12-14-6-4-5-7-16(14)21-17/h4-7,12H,8-11H2,1-3H3. The number of aromatic nitrogens is 1. The molecule has 0 atom stereocenters. The van der Waals surface area contributed by atoms with Gasteiger partial charge in [0.2, 0.25) is 5.91 Å². The van der Waals surface area contributed by atoms with Gasteiger partial charge in [-0.05, 0) is 12.1 Å². The van der Waals surface area contributed by atoms with Crippen molar-refractivity contribution < 1.29 is 4.79 Å². The summed E-state index contributed by atoms with van der Waals surface area (Å²) < 4.78 is 0. The zero-order valence-corrected chi connectivity index (χ0v) is 14.4. The molecule has 124 valence electrons. The third kappa shape index (κ3) is 3.05. The summed E-state index contributed by atoms with van der Waals surface area (Å²) in [4.78, 5) is 21.1. The van der Waals surface area contributed by atoms with Crippen molar-refractivity contribution in [2.24, 2.45) is 5.41 Å².